The van der Waals surface area contributed by atoms with Crippen LogP contribution in [0.5, 0.6) is 5.75 Å². The lowest BCUT2D eigenvalue weighted by atomic mass is 9.63. The molecule has 0 N–H and O–H groups in total. The fraction of sp³-hybridized carbons (Fsp3) is 0.346. The van der Waals surface area contributed by atoms with Crippen LogP contribution in [-0.4, -0.2) is 41.3 Å². The molecule has 6 unspecified atom stereocenters. The van der Waals surface area contributed by atoms with Crippen molar-refractivity contribution in [2.24, 2.45) is 35.5 Å². The number of methoxy groups -OCH3 is 1. The first-order valence-electron chi connectivity index (χ1n) is 11.6. The average molecular weight is 473 g/mol. The van der Waals surface area contributed by atoms with Crippen LogP contribution in [0.25, 0.3) is 0 Å². The molecule has 9 nitrogen and oxygen atoms in total. The van der Waals surface area contributed by atoms with Gasteiger partial charge in [0, 0.05) is 11.8 Å². The molecule has 2 aromatic rings. The Morgan fingerprint density at radius 2 is 1.63 bits per heavy atom. The molecule has 7 rings (SSSR count). The molecule has 1 aliphatic heterocycles. The van der Waals surface area contributed by atoms with Crippen LogP contribution < -0.4 is 9.64 Å². The fourth-order valence-corrected chi connectivity index (χ4v) is 6.28. The molecule has 1 heterocycles. The summed E-state index contributed by atoms with van der Waals surface area (Å²) >= 11 is 0. The molecule has 5 aliphatic rings. The van der Waals surface area contributed by atoms with E-state index in [2.05, 4.69) is 12.2 Å². The lowest BCUT2D eigenvalue weighted by molar-refractivity contribution is -0.385. The van der Waals surface area contributed by atoms with Crippen LogP contribution in [0.3, 0.4) is 0 Å². The van der Waals surface area contributed by atoms with Gasteiger partial charge in [0.05, 0.1) is 23.9 Å². The zero-order valence-corrected chi connectivity index (χ0v) is 18.9. The number of hydrogen-bond acceptors (Lipinski definition) is 6. The Balaban J connectivity index is 1.36. The Kier molecular flexibility index (Phi) is 4.77. The number of hydrogen-bond donors (Lipinski definition) is 0. The normalized spacial score (nSPS) is 29.6. The topological polar surface area (TPSA) is 110 Å². The van der Waals surface area contributed by atoms with Gasteiger partial charge in [-0.25, -0.2) is 0 Å². The summed E-state index contributed by atoms with van der Waals surface area (Å²) < 4.78 is 5.20. The zero-order chi connectivity index (χ0) is 24.4. The maximum absolute atomic E-state index is 13.7. The molecular weight excluding hydrogens is 450 g/mol. The van der Waals surface area contributed by atoms with Crippen molar-refractivity contribution in [3.8, 4) is 5.75 Å². The Morgan fingerprint density at radius 3 is 2.20 bits per heavy atom. The van der Waals surface area contributed by atoms with Gasteiger partial charge in [-0.15, -0.1) is 0 Å². The molecule has 6 atom stereocenters. The van der Waals surface area contributed by atoms with Crippen molar-refractivity contribution in [2.45, 2.75) is 6.42 Å². The van der Waals surface area contributed by atoms with Gasteiger partial charge in [0.25, 0.3) is 11.6 Å². The van der Waals surface area contributed by atoms with E-state index in [-0.39, 0.29) is 53.4 Å². The summed E-state index contributed by atoms with van der Waals surface area (Å²) in [6.45, 7) is -0.309. The van der Waals surface area contributed by atoms with Crippen molar-refractivity contribution >= 4 is 29.1 Å². The minimum absolute atomic E-state index is 0.0665. The highest BCUT2D eigenvalue weighted by Gasteiger charge is 2.67. The van der Waals surface area contributed by atoms with Gasteiger partial charge >= 0.3 is 0 Å². The van der Waals surface area contributed by atoms with Gasteiger partial charge in [0.1, 0.15) is 18.0 Å². The summed E-state index contributed by atoms with van der Waals surface area (Å²) in [4.78, 5) is 54.1. The van der Waals surface area contributed by atoms with Gasteiger partial charge in [-0.05, 0) is 60.4 Å². The van der Waals surface area contributed by atoms with Crippen LogP contribution in [0.2, 0.25) is 0 Å². The third kappa shape index (κ3) is 3.18. The standard InChI is InChI=1S/C26H23N3O6/c1-35-15-8-6-14(7-9-15)27(24(30)18-4-2-3-5-21(18)29(33)34)13-28-25(31)22-16-10-11-17(20-12-19(16)20)23(22)26(28)32/h2-11,16-17,19-20,22-23H,12-13H2,1H3. The molecule has 2 bridgehead atoms. The first-order chi connectivity index (χ1) is 16.9. The Labute approximate surface area is 201 Å². The highest BCUT2D eigenvalue weighted by molar-refractivity contribution is 6.11. The van der Waals surface area contributed by atoms with Crippen LogP contribution in [0.4, 0.5) is 11.4 Å². The Morgan fingerprint density at radius 1 is 1.03 bits per heavy atom. The lowest BCUT2D eigenvalue weighted by Gasteiger charge is -2.37. The molecule has 178 valence electrons. The smallest absolute Gasteiger partial charge is 0.282 e. The van der Waals surface area contributed by atoms with Crippen LogP contribution in [0, 0.1) is 45.6 Å². The third-order valence-electron chi connectivity index (χ3n) is 8.00. The highest BCUT2D eigenvalue weighted by atomic mass is 16.6. The molecule has 0 radical (unpaired) electrons. The van der Waals surface area contributed by atoms with Crippen LogP contribution in [0.1, 0.15) is 16.8 Å². The summed E-state index contributed by atoms with van der Waals surface area (Å²) in [5.41, 5.74) is -0.0627. The van der Waals surface area contributed by atoms with Gasteiger partial charge in [-0.3, -0.25) is 34.3 Å². The number of amides is 3. The summed E-state index contributed by atoms with van der Waals surface area (Å²) in [6.07, 6.45) is 5.24. The number of imide groups is 1. The van der Waals surface area contributed by atoms with E-state index in [0.29, 0.717) is 23.3 Å². The molecule has 3 fully saturated rings. The van der Waals surface area contributed by atoms with Crippen LogP contribution in [0.15, 0.2) is 60.7 Å². The molecule has 0 aromatic heterocycles. The lowest BCUT2D eigenvalue weighted by Crippen LogP contribution is -2.45. The number of carbonyl (C=O) groups excluding carboxylic acids is 3. The first kappa shape index (κ1) is 21.5. The molecule has 1 saturated heterocycles. The maximum atomic E-state index is 13.7. The molecule has 2 aromatic carbocycles. The zero-order valence-electron chi connectivity index (χ0n) is 18.9. The van der Waals surface area contributed by atoms with Gasteiger partial charge in [0.15, 0.2) is 0 Å². The van der Waals surface area contributed by atoms with Crippen molar-refractivity contribution < 1.29 is 24.0 Å². The second kappa shape index (κ2) is 7.76. The molecule has 35 heavy (non-hydrogen) atoms. The predicted molar refractivity (Wildman–Crippen MR) is 124 cm³/mol. The van der Waals surface area contributed by atoms with E-state index in [4.69, 9.17) is 4.74 Å². The number of nitrogens with zero attached hydrogens (tertiary/aromatic N) is 3. The van der Waals surface area contributed by atoms with E-state index in [1.165, 1.54) is 35.1 Å². The Bertz CT molecular complexity index is 1250. The number of rotatable bonds is 6. The SMILES string of the molecule is COc1ccc(N(CN2C(=O)C3C4C=CC(C5CC45)C3C2=O)C(=O)c2ccccc2[N+](=O)[O-])cc1. The van der Waals surface area contributed by atoms with Crippen LogP contribution in [-0.2, 0) is 9.59 Å². The van der Waals surface area contributed by atoms with Gasteiger partial charge in [-0.2, -0.15) is 0 Å². The van der Waals surface area contributed by atoms with E-state index in [9.17, 15) is 24.5 Å². The molecule has 0 spiro atoms. The van der Waals surface area contributed by atoms with Gasteiger partial charge < -0.3 is 4.74 Å². The number of likely N-dealkylation sites (tertiary alicyclic amines) is 1. The van der Waals surface area contributed by atoms with Gasteiger partial charge in [-0.1, -0.05) is 24.3 Å². The fourth-order valence-electron chi connectivity index (χ4n) is 6.28. The van der Waals surface area contributed by atoms with E-state index >= 15 is 0 Å². The van der Waals surface area contributed by atoms with Crippen molar-refractivity contribution in [3.63, 3.8) is 0 Å². The molecule has 2 saturated carbocycles. The quantitative estimate of drug-likeness (QED) is 0.276. The monoisotopic (exact) mass is 473 g/mol. The summed E-state index contributed by atoms with van der Waals surface area (Å²) in [5, 5.41) is 11.6. The first-order valence-corrected chi connectivity index (χ1v) is 11.6. The molecule has 3 amide bonds. The number of anilines is 1. The highest BCUT2D eigenvalue weighted by Crippen LogP contribution is 2.65. The molecule has 9 heteroatoms. The number of benzene rings is 2. The van der Waals surface area contributed by atoms with E-state index < -0.39 is 10.8 Å². The van der Waals surface area contributed by atoms with Crippen molar-refractivity contribution in [2.75, 3.05) is 18.7 Å². The number of allylic oxidation sites excluding steroid dienone is 2. The van der Waals surface area contributed by atoms with E-state index in [0.717, 1.165) is 6.42 Å². The summed E-state index contributed by atoms with van der Waals surface area (Å²) in [5.74, 6) is -0.343. The number of ether oxygens (including phenoxy) is 1. The number of nitro groups is 1. The van der Waals surface area contributed by atoms with Crippen LogP contribution >= 0.6 is 0 Å². The predicted octanol–water partition coefficient (Wildman–Crippen LogP) is 3.26. The number of carbonyl (C=O) groups is 3. The largest absolute Gasteiger partial charge is 0.497 e. The second-order valence-electron chi connectivity index (χ2n) is 9.61. The van der Waals surface area contributed by atoms with Crippen molar-refractivity contribution in [3.05, 3.63) is 76.4 Å². The molecular formula is C26H23N3O6. The number of nitro benzene ring substituents is 1. The van der Waals surface area contributed by atoms with Gasteiger partial charge in [0.2, 0.25) is 11.8 Å². The second-order valence-corrected chi connectivity index (χ2v) is 9.61. The Hall–Kier alpha value is -4.01. The maximum Gasteiger partial charge on any atom is 0.282 e. The minimum atomic E-state index is -0.665. The third-order valence-corrected chi connectivity index (χ3v) is 8.00. The average Bonchev–Trinajstić information content (AvgIpc) is 3.67. The van der Waals surface area contributed by atoms with E-state index in [1.54, 1.807) is 30.3 Å². The van der Waals surface area contributed by atoms with Crippen molar-refractivity contribution in [1.29, 1.82) is 0 Å². The van der Waals surface area contributed by atoms with Crippen molar-refractivity contribution in [1.82, 2.24) is 4.90 Å². The minimum Gasteiger partial charge on any atom is -0.497 e. The summed E-state index contributed by atoms with van der Waals surface area (Å²) in [6, 6.07) is 12.2. The number of para-hydroxylation sites is 1. The van der Waals surface area contributed by atoms with E-state index in [1.807, 2.05) is 0 Å². The molecule has 4 aliphatic carbocycles. The summed E-state index contributed by atoms with van der Waals surface area (Å²) in [7, 11) is 1.52.